The van der Waals surface area contributed by atoms with Gasteiger partial charge >= 0.3 is 0 Å². The maximum Gasteiger partial charge on any atom is 0.152 e. The van der Waals surface area contributed by atoms with Crippen LogP contribution in [0.5, 0.6) is 11.5 Å². The molecular weight excluding hydrogens is 398 g/mol. The van der Waals surface area contributed by atoms with E-state index in [4.69, 9.17) is 55.9 Å². The first-order valence-electron chi connectivity index (χ1n) is 5.36. The third-order valence-electron chi connectivity index (χ3n) is 1.98. The summed E-state index contributed by atoms with van der Waals surface area (Å²) in [6.45, 7) is 0.768. The molecule has 0 fully saturated rings. The van der Waals surface area contributed by atoms with Crippen LogP contribution in [0.25, 0.3) is 0 Å². The van der Waals surface area contributed by atoms with Crippen LogP contribution in [-0.2, 0) is 0 Å². The topological polar surface area (TPSA) is 18.5 Å². The molecule has 19 heavy (non-hydrogen) atoms. The van der Waals surface area contributed by atoms with E-state index in [9.17, 15) is 0 Å². The van der Waals surface area contributed by atoms with Gasteiger partial charge in [0, 0.05) is 11.9 Å². The second kappa shape index (κ2) is 9.19. The second-order valence-electron chi connectivity index (χ2n) is 3.41. The highest BCUT2D eigenvalue weighted by atomic mass is 79.9. The Kier molecular flexibility index (Phi) is 8.35. The molecule has 0 spiro atoms. The van der Waals surface area contributed by atoms with Gasteiger partial charge < -0.3 is 9.47 Å². The summed E-state index contributed by atoms with van der Waals surface area (Å²) in [5, 5.41) is 0.458. The first-order valence-corrected chi connectivity index (χ1v) is 7.82. The van der Waals surface area contributed by atoms with Crippen LogP contribution in [0.3, 0.4) is 0 Å². The maximum atomic E-state index is 6.12. The first kappa shape index (κ1) is 17.3. The molecule has 0 aliphatic rings. The molecule has 0 N–H and O–H groups in total. The van der Waals surface area contributed by atoms with Crippen LogP contribution in [0.15, 0.2) is 27.2 Å². The average molecular weight is 409 g/mol. The third-order valence-corrected chi connectivity index (χ3v) is 3.43. The fraction of sp³-hybridized carbons (Fsp3) is 0.333. The predicted octanol–water partition coefficient (Wildman–Crippen LogP) is 5.81. The van der Waals surface area contributed by atoms with Crippen LogP contribution < -0.4 is 9.47 Å². The molecule has 0 amide bonds. The Morgan fingerprint density at radius 2 is 2.00 bits per heavy atom. The van der Waals surface area contributed by atoms with Crippen LogP contribution in [-0.4, -0.2) is 19.1 Å². The van der Waals surface area contributed by atoms with Crippen LogP contribution in [0.4, 0.5) is 0 Å². The van der Waals surface area contributed by atoms with E-state index < -0.39 is 0 Å². The molecule has 0 saturated heterocycles. The van der Waals surface area contributed by atoms with E-state index in [-0.39, 0.29) is 11.1 Å². The van der Waals surface area contributed by atoms with Crippen molar-refractivity contribution in [1.29, 1.82) is 0 Å². The van der Waals surface area contributed by atoms with Crippen molar-refractivity contribution in [2.75, 3.05) is 19.1 Å². The van der Waals surface area contributed by atoms with Gasteiger partial charge in [-0.25, -0.2) is 0 Å². The van der Waals surface area contributed by atoms with Crippen molar-refractivity contribution in [1.82, 2.24) is 0 Å². The van der Waals surface area contributed by atoms with Gasteiger partial charge in [-0.15, -0.1) is 11.6 Å². The molecule has 0 atom stereocenters. The van der Waals surface area contributed by atoms with Crippen molar-refractivity contribution in [3.8, 4) is 11.5 Å². The van der Waals surface area contributed by atoms with Crippen LogP contribution in [0.2, 0.25) is 5.02 Å². The molecule has 0 heterocycles. The van der Waals surface area contributed by atoms with Crippen molar-refractivity contribution in [2.24, 2.45) is 0 Å². The predicted molar refractivity (Wildman–Crippen MR) is 85.3 cm³/mol. The standard InChI is InChI=1S/C12H11BrCl4O2/c13-9-6-8(18-5-2-11(16)17)7-10(15)12(9)19-4-1-3-14/h2,6-7H,1,3-5H2. The van der Waals surface area contributed by atoms with Crippen LogP contribution >= 0.6 is 62.3 Å². The quantitative estimate of drug-likeness (QED) is 0.418. The van der Waals surface area contributed by atoms with E-state index >= 15 is 0 Å². The smallest absolute Gasteiger partial charge is 0.152 e. The molecule has 0 aliphatic heterocycles. The third kappa shape index (κ3) is 6.46. The van der Waals surface area contributed by atoms with Gasteiger partial charge in [-0.1, -0.05) is 34.8 Å². The number of benzene rings is 1. The summed E-state index contributed by atoms with van der Waals surface area (Å²) in [4.78, 5) is 0. The van der Waals surface area contributed by atoms with Crippen molar-refractivity contribution >= 4 is 62.3 Å². The minimum atomic E-state index is 0.159. The minimum Gasteiger partial charge on any atom is -0.491 e. The summed E-state index contributed by atoms with van der Waals surface area (Å²) in [5.41, 5.74) is 0. The Morgan fingerprint density at radius 1 is 1.26 bits per heavy atom. The Morgan fingerprint density at radius 3 is 2.58 bits per heavy atom. The fourth-order valence-electron chi connectivity index (χ4n) is 1.19. The summed E-state index contributed by atoms with van der Waals surface area (Å²) < 4.78 is 11.8. The lowest BCUT2D eigenvalue weighted by Crippen LogP contribution is -2.00. The van der Waals surface area contributed by atoms with Crippen LogP contribution in [0, 0.1) is 0 Å². The van der Waals surface area contributed by atoms with Gasteiger partial charge in [0.05, 0.1) is 16.1 Å². The molecule has 1 rings (SSSR count). The number of hydrogen-bond acceptors (Lipinski definition) is 2. The maximum absolute atomic E-state index is 6.12. The zero-order chi connectivity index (χ0) is 14.3. The second-order valence-corrected chi connectivity index (χ2v) is 6.06. The van der Waals surface area contributed by atoms with Crippen molar-refractivity contribution in [2.45, 2.75) is 6.42 Å². The lowest BCUT2D eigenvalue weighted by atomic mass is 10.3. The van der Waals surface area contributed by atoms with E-state index in [0.29, 0.717) is 33.5 Å². The van der Waals surface area contributed by atoms with E-state index in [0.717, 1.165) is 6.42 Å². The van der Waals surface area contributed by atoms with E-state index in [1.807, 2.05) is 0 Å². The van der Waals surface area contributed by atoms with Gasteiger partial charge in [-0.3, -0.25) is 0 Å². The highest BCUT2D eigenvalue weighted by Crippen LogP contribution is 2.37. The number of hydrogen-bond donors (Lipinski definition) is 0. The molecule has 0 aromatic heterocycles. The number of alkyl halides is 1. The lowest BCUT2D eigenvalue weighted by molar-refractivity contribution is 0.314. The molecule has 2 nitrogen and oxygen atoms in total. The molecule has 0 aliphatic carbocycles. The summed E-state index contributed by atoms with van der Waals surface area (Å²) in [7, 11) is 0. The molecule has 1 aromatic carbocycles. The van der Waals surface area contributed by atoms with Crippen molar-refractivity contribution in [3.05, 3.63) is 32.2 Å². The molecule has 0 radical (unpaired) electrons. The van der Waals surface area contributed by atoms with E-state index in [1.165, 1.54) is 6.08 Å². The summed E-state index contributed by atoms with van der Waals surface area (Å²) in [6.07, 6.45) is 2.29. The van der Waals surface area contributed by atoms with Crippen LogP contribution in [0.1, 0.15) is 6.42 Å². The summed E-state index contributed by atoms with van der Waals surface area (Å²) in [5.74, 6) is 1.71. The van der Waals surface area contributed by atoms with Gasteiger partial charge in [0.2, 0.25) is 0 Å². The van der Waals surface area contributed by atoms with Gasteiger partial charge in [-0.2, -0.15) is 0 Å². The zero-order valence-corrected chi connectivity index (χ0v) is 14.4. The Bertz CT molecular complexity index is 424. The molecule has 0 bridgehead atoms. The monoisotopic (exact) mass is 406 g/mol. The van der Waals surface area contributed by atoms with E-state index in [1.54, 1.807) is 12.1 Å². The molecule has 0 unspecified atom stereocenters. The van der Waals surface area contributed by atoms with Gasteiger partial charge in [0.25, 0.3) is 0 Å². The Labute approximate surface area is 140 Å². The van der Waals surface area contributed by atoms with E-state index in [2.05, 4.69) is 15.9 Å². The number of rotatable bonds is 7. The first-order chi connectivity index (χ1) is 9.04. The zero-order valence-electron chi connectivity index (χ0n) is 9.77. The SMILES string of the molecule is ClCCCOc1c(Cl)cc(OCC=C(Cl)Cl)cc1Br. The average Bonchev–Trinajstić information content (AvgIpc) is 2.32. The normalized spacial score (nSPS) is 10.2. The largest absolute Gasteiger partial charge is 0.491 e. The highest BCUT2D eigenvalue weighted by Gasteiger charge is 2.10. The molecule has 106 valence electrons. The molecule has 7 heteroatoms. The summed E-state index contributed by atoms with van der Waals surface area (Å²) in [6, 6.07) is 3.43. The van der Waals surface area contributed by atoms with Crippen molar-refractivity contribution < 1.29 is 9.47 Å². The minimum absolute atomic E-state index is 0.159. The number of halogens is 5. The number of ether oxygens (including phenoxy) is 2. The Hall–Kier alpha value is 0.200. The highest BCUT2D eigenvalue weighted by molar-refractivity contribution is 9.10. The van der Waals surface area contributed by atoms with Crippen molar-refractivity contribution in [3.63, 3.8) is 0 Å². The Balaban J connectivity index is 2.70. The molecule has 0 saturated carbocycles. The summed E-state index contributed by atoms with van der Waals surface area (Å²) >= 11 is 26.1. The van der Waals surface area contributed by atoms with Gasteiger partial charge in [0.1, 0.15) is 16.8 Å². The fourth-order valence-corrected chi connectivity index (χ4v) is 2.35. The lowest BCUT2D eigenvalue weighted by Gasteiger charge is -2.11. The molecule has 1 aromatic rings. The molecular formula is C12H11BrCl4O2. The van der Waals surface area contributed by atoms with Gasteiger partial charge in [0.15, 0.2) is 5.75 Å². The van der Waals surface area contributed by atoms with Gasteiger partial charge in [-0.05, 0) is 34.5 Å².